The van der Waals surface area contributed by atoms with E-state index in [4.69, 9.17) is 0 Å². The molecule has 3 aromatic rings. The molecule has 0 aliphatic rings. The molecule has 3 rings (SSSR count). The van der Waals surface area contributed by atoms with Gasteiger partial charge in [0, 0.05) is 18.0 Å². The SMILES string of the molecule is O=C(Cc1cccc(C(F)(F)F)c1)Nc1ccc(=O)n(-c2ccccc2)c1. The third-order valence-electron chi connectivity index (χ3n) is 3.85. The predicted octanol–water partition coefficient (Wildman–Crippen LogP) is 4.04. The highest BCUT2D eigenvalue weighted by molar-refractivity contribution is 5.92. The fourth-order valence-electron chi connectivity index (χ4n) is 2.60. The largest absolute Gasteiger partial charge is 0.416 e. The van der Waals surface area contributed by atoms with E-state index >= 15 is 0 Å². The zero-order valence-corrected chi connectivity index (χ0v) is 14.0. The molecule has 0 unspecified atom stereocenters. The Morgan fingerprint density at radius 3 is 2.41 bits per heavy atom. The molecule has 0 bridgehead atoms. The molecule has 4 nitrogen and oxygen atoms in total. The lowest BCUT2D eigenvalue weighted by Crippen LogP contribution is -2.20. The van der Waals surface area contributed by atoms with Crippen molar-refractivity contribution in [2.45, 2.75) is 12.6 Å². The third-order valence-corrected chi connectivity index (χ3v) is 3.85. The number of nitrogens with zero attached hydrogens (tertiary/aromatic N) is 1. The van der Waals surface area contributed by atoms with Gasteiger partial charge in [0.15, 0.2) is 0 Å². The number of para-hydroxylation sites is 1. The normalized spacial score (nSPS) is 11.2. The Kier molecular flexibility index (Phi) is 5.12. The maximum Gasteiger partial charge on any atom is 0.416 e. The topological polar surface area (TPSA) is 51.1 Å². The van der Waals surface area contributed by atoms with Crippen LogP contribution in [0.1, 0.15) is 11.1 Å². The summed E-state index contributed by atoms with van der Waals surface area (Å²) in [7, 11) is 0. The maximum atomic E-state index is 12.8. The second-order valence-electron chi connectivity index (χ2n) is 5.88. The van der Waals surface area contributed by atoms with Crippen molar-refractivity contribution in [3.05, 3.63) is 94.4 Å². The molecule has 0 radical (unpaired) electrons. The maximum absolute atomic E-state index is 12.8. The fourth-order valence-corrected chi connectivity index (χ4v) is 2.60. The van der Waals surface area contributed by atoms with Crippen LogP contribution in [0.5, 0.6) is 0 Å². The van der Waals surface area contributed by atoms with Crippen LogP contribution in [0.4, 0.5) is 18.9 Å². The van der Waals surface area contributed by atoms with Crippen LogP contribution < -0.4 is 10.9 Å². The lowest BCUT2D eigenvalue weighted by Gasteiger charge is -2.11. The number of alkyl halides is 3. The van der Waals surface area contributed by atoms with Gasteiger partial charge in [0.2, 0.25) is 5.91 Å². The van der Waals surface area contributed by atoms with Crippen LogP contribution in [0.3, 0.4) is 0 Å². The summed E-state index contributed by atoms with van der Waals surface area (Å²) in [6, 6.07) is 16.3. The molecule has 2 aromatic carbocycles. The van der Waals surface area contributed by atoms with E-state index in [1.54, 1.807) is 24.3 Å². The van der Waals surface area contributed by atoms with Crippen molar-refractivity contribution in [3.8, 4) is 5.69 Å². The number of amides is 1. The van der Waals surface area contributed by atoms with Crippen molar-refractivity contribution in [2.24, 2.45) is 0 Å². The molecule has 0 saturated heterocycles. The quantitative estimate of drug-likeness (QED) is 0.752. The van der Waals surface area contributed by atoms with Crippen LogP contribution in [0, 0.1) is 0 Å². The number of anilines is 1. The smallest absolute Gasteiger partial charge is 0.324 e. The number of carbonyl (C=O) groups excluding carboxylic acids is 1. The average Bonchev–Trinajstić information content (AvgIpc) is 2.63. The summed E-state index contributed by atoms with van der Waals surface area (Å²) < 4.78 is 39.7. The Morgan fingerprint density at radius 1 is 0.963 bits per heavy atom. The number of pyridine rings is 1. The van der Waals surface area contributed by atoms with Gasteiger partial charge < -0.3 is 5.32 Å². The molecule has 27 heavy (non-hydrogen) atoms. The molecule has 1 heterocycles. The van der Waals surface area contributed by atoms with E-state index < -0.39 is 17.6 Å². The first kappa shape index (κ1) is 18.4. The summed E-state index contributed by atoms with van der Waals surface area (Å²) in [5, 5.41) is 2.61. The minimum absolute atomic E-state index is 0.214. The molecule has 1 N–H and O–H groups in total. The zero-order chi connectivity index (χ0) is 19.4. The van der Waals surface area contributed by atoms with Gasteiger partial charge in [-0.05, 0) is 29.8 Å². The number of nitrogens with one attached hydrogen (secondary N) is 1. The molecule has 0 spiro atoms. The van der Waals surface area contributed by atoms with Gasteiger partial charge in [-0.3, -0.25) is 14.2 Å². The van der Waals surface area contributed by atoms with Crippen molar-refractivity contribution in [2.75, 3.05) is 5.32 Å². The molecule has 0 aliphatic carbocycles. The van der Waals surface area contributed by atoms with Crippen LogP contribution in [-0.2, 0) is 17.4 Å². The zero-order valence-electron chi connectivity index (χ0n) is 14.0. The minimum atomic E-state index is -4.46. The monoisotopic (exact) mass is 372 g/mol. The van der Waals surface area contributed by atoms with Gasteiger partial charge in [-0.15, -0.1) is 0 Å². The van der Waals surface area contributed by atoms with E-state index in [9.17, 15) is 22.8 Å². The van der Waals surface area contributed by atoms with E-state index in [1.165, 1.54) is 35.0 Å². The number of halogens is 3. The fraction of sp³-hybridized carbons (Fsp3) is 0.100. The molecule has 0 saturated carbocycles. The Labute approximate surface area is 152 Å². The number of rotatable bonds is 4. The van der Waals surface area contributed by atoms with Crippen LogP contribution >= 0.6 is 0 Å². The molecule has 0 aliphatic heterocycles. The third kappa shape index (κ3) is 4.63. The number of hydrogen-bond acceptors (Lipinski definition) is 2. The van der Waals surface area contributed by atoms with Crippen LogP contribution in [0.15, 0.2) is 77.7 Å². The van der Waals surface area contributed by atoms with E-state index in [-0.39, 0.29) is 17.5 Å². The summed E-state index contributed by atoms with van der Waals surface area (Å²) in [5.41, 5.74) is 0.188. The lowest BCUT2D eigenvalue weighted by molar-refractivity contribution is -0.137. The van der Waals surface area contributed by atoms with Gasteiger partial charge >= 0.3 is 6.18 Å². The molecular formula is C20H15F3N2O2. The van der Waals surface area contributed by atoms with Gasteiger partial charge in [0.25, 0.3) is 5.56 Å². The van der Waals surface area contributed by atoms with Gasteiger partial charge in [-0.2, -0.15) is 13.2 Å². The highest BCUT2D eigenvalue weighted by atomic mass is 19.4. The van der Waals surface area contributed by atoms with E-state index in [1.807, 2.05) is 6.07 Å². The Hall–Kier alpha value is -3.35. The predicted molar refractivity (Wildman–Crippen MR) is 95.8 cm³/mol. The van der Waals surface area contributed by atoms with Crippen LogP contribution in [0.2, 0.25) is 0 Å². The van der Waals surface area contributed by atoms with Crippen LogP contribution in [-0.4, -0.2) is 10.5 Å². The van der Waals surface area contributed by atoms with Gasteiger partial charge in [0.1, 0.15) is 0 Å². The summed E-state index contributed by atoms with van der Waals surface area (Å²) in [4.78, 5) is 24.2. The van der Waals surface area contributed by atoms with E-state index in [0.717, 1.165) is 12.1 Å². The van der Waals surface area contributed by atoms with E-state index in [0.29, 0.717) is 11.4 Å². The molecule has 0 atom stereocenters. The highest BCUT2D eigenvalue weighted by Crippen LogP contribution is 2.29. The molecule has 1 amide bonds. The summed E-state index contributed by atoms with van der Waals surface area (Å²) in [6.07, 6.45) is -3.20. The number of aromatic nitrogens is 1. The standard InChI is InChI=1S/C20H15F3N2O2/c21-20(22,23)15-6-4-5-14(11-15)12-18(26)24-16-9-10-19(27)25(13-16)17-7-2-1-3-8-17/h1-11,13H,12H2,(H,24,26). The first-order chi connectivity index (χ1) is 12.8. The summed E-state index contributed by atoms with van der Waals surface area (Å²) >= 11 is 0. The second kappa shape index (κ2) is 7.49. The van der Waals surface area contributed by atoms with Crippen molar-refractivity contribution in [1.29, 1.82) is 0 Å². The van der Waals surface area contributed by atoms with Crippen molar-refractivity contribution >= 4 is 11.6 Å². The summed E-state index contributed by atoms with van der Waals surface area (Å²) in [5.74, 6) is -0.479. The van der Waals surface area contributed by atoms with Gasteiger partial charge in [0.05, 0.1) is 17.7 Å². The molecular weight excluding hydrogens is 357 g/mol. The minimum Gasteiger partial charge on any atom is -0.324 e. The molecule has 0 fully saturated rings. The van der Waals surface area contributed by atoms with Gasteiger partial charge in [-0.1, -0.05) is 36.4 Å². The second-order valence-corrected chi connectivity index (χ2v) is 5.88. The number of hydrogen-bond donors (Lipinski definition) is 1. The van der Waals surface area contributed by atoms with Crippen molar-refractivity contribution in [1.82, 2.24) is 4.57 Å². The highest BCUT2D eigenvalue weighted by Gasteiger charge is 2.30. The Balaban J connectivity index is 1.76. The number of benzene rings is 2. The molecule has 7 heteroatoms. The van der Waals surface area contributed by atoms with Crippen LogP contribution in [0.25, 0.3) is 5.69 Å². The summed E-state index contributed by atoms with van der Waals surface area (Å²) in [6.45, 7) is 0. The first-order valence-corrected chi connectivity index (χ1v) is 8.07. The first-order valence-electron chi connectivity index (χ1n) is 8.07. The molecule has 138 valence electrons. The van der Waals surface area contributed by atoms with Gasteiger partial charge in [-0.25, -0.2) is 0 Å². The van der Waals surface area contributed by atoms with Crippen molar-refractivity contribution < 1.29 is 18.0 Å². The lowest BCUT2D eigenvalue weighted by atomic mass is 10.1. The van der Waals surface area contributed by atoms with Crippen molar-refractivity contribution in [3.63, 3.8) is 0 Å². The molecule has 1 aromatic heterocycles. The Bertz CT molecular complexity index is 1010. The average molecular weight is 372 g/mol. The number of carbonyl (C=O) groups is 1. The van der Waals surface area contributed by atoms with E-state index in [2.05, 4.69) is 5.32 Å². The Morgan fingerprint density at radius 2 is 1.70 bits per heavy atom.